The van der Waals surface area contributed by atoms with Crippen LogP contribution >= 0.6 is 0 Å². The van der Waals surface area contributed by atoms with Crippen LogP contribution in [0, 0.1) is 0 Å². The number of rotatable bonds is 5. The van der Waals surface area contributed by atoms with Crippen molar-refractivity contribution in [3.8, 4) is 5.75 Å². The van der Waals surface area contributed by atoms with Crippen molar-refractivity contribution in [1.82, 2.24) is 0 Å². The molecule has 0 unspecified atom stereocenters. The van der Waals surface area contributed by atoms with E-state index in [4.69, 9.17) is 4.74 Å². The van der Waals surface area contributed by atoms with E-state index in [2.05, 4.69) is 10.6 Å². The van der Waals surface area contributed by atoms with Gasteiger partial charge in [-0.1, -0.05) is 30.3 Å². The van der Waals surface area contributed by atoms with Crippen molar-refractivity contribution in [2.24, 2.45) is 0 Å². The number of methoxy groups -OCH3 is 1. The molecule has 3 aromatic rings. The number of carbonyl (C=O) groups is 1. The minimum absolute atomic E-state index is 0.167. The maximum Gasteiger partial charge on any atom is 0.255 e. The highest BCUT2D eigenvalue weighted by Gasteiger charge is 2.09. The zero-order valence-electron chi connectivity index (χ0n) is 13.3. The lowest BCUT2D eigenvalue weighted by Crippen LogP contribution is -2.13. The Balaban J connectivity index is 1.78. The molecule has 0 atom stereocenters. The normalized spacial score (nSPS) is 10.0. The molecular formula is C20H18N2O2. The third kappa shape index (κ3) is 3.73. The maximum absolute atomic E-state index is 12.4. The molecule has 0 saturated heterocycles. The van der Waals surface area contributed by atoms with E-state index in [1.165, 1.54) is 0 Å². The highest BCUT2D eigenvalue weighted by Crippen LogP contribution is 2.25. The summed E-state index contributed by atoms with van der Waals surface area (Å²) >= 11 is 0. The van der Waals surface area contributed by atoms with Gasteiger partial charge in [-0.25, -0.2) is 0 Å². The smallest absolute Gasteiger partial charge is 0.255 e. The summed E-state index contributed by atoms with van der Waals surface area (Å²) < 4.78 is 5.11. The largest absolute Gasteiger partial charge is 0.497 e. The highest BCUT2D eigenvalue weighted by atomic mass is 16.5. The molecule has 0 aliphatic heterocycles. The Kier molecular flexibility index (Phi) is 4.77. The molecule has 0 heterocycles. The lowest BCUT2D eigenvalue weighted by atomic mass is 10.2. The Hall–Kier alpha value is -3.27. The van der Waals surface area contributed by atoms with Crippen LogP contribution in [0.4, 0.5) is 17.1 Å². The summed E-state index contributed by atoms with van der Waals surface area (Å²) in [7, 11) is 1.60. The molecule has 3 rings (SSSR count). The Morgan fingerprint density at radius 2 is 1.42 bits per heavy atom. The summed E-state index contributed by atoms with van der Waals surface area (Å²) in [6.45, 7) is 0. The van der Waals surface area contributed by atoms with Gasteiger partial charge < -0.3 is 15.4 Å². The number of amides is 1. The fraction of sp³-hybridized carbons (Fsp3) is 0.0500. The maximum atomic E-state index is 12.4. The fourth-order valence-corrected chi connectivity index (χ4v) is 2.31. The first kappa shape index (κ1) is 15.6. The van der Waals surface area contributed by atoms with Gasteiger partial charge in [0, 0.05) is 11.3 Å². The Morgan fingerprint density at radius 1 is 0.792 bits per heavy atom. The van der Waals surface area contributed by atoms with Gasteiger partial charge in [0.2, 0.25) is 0 Å². The van der Waals surface area contributed by atoms with Crippen LogP contribution in [-0.4, -0.2) is 13.0 Å². The van der Waals surface area contributed by atoms with Crippen LogP contribution in [0.3, 0.4) is 0 Å². The van der Waals surface area contributed by atoms with Crippen molar-refractivity contribution >= 4 is 23.0 Å². The van der Waals surface area contributed by atoms with E-state index in [-0.39, 0.29) is 5.91 Å². The van der Waals surface area contributed by atoms with Gasteiger partial charge in [-0.05, 0) is 48.5 Å². The topological polar surface area (TPSA) is 50.4 Å². The van der Waals surface area contributed by atoms with Crippen LogP contribution in [0.1, 0.15) is 10.4 Å². The molecule has 0 saturated carbocycles. The molecule has 0 aromatic heterocycles. The summed E-state index contributed by atoms with van der Waals surface area (Å²) in [6, 6.07) is 24.4. The zero-order valence-corrected chi connectivity index (χ0v) is 13.3. The van der Waals surface area contributed by atoms with Gasteiger partial charge in [0.05, 0.1) is 18.5 Å². The molecule has 3 aromatic carbocycles. The standard InChI is InChI=1S/C20H18N2O2/c1-24-17-13-11-15(12-14-17)20(23)22-19-10-6-5-9-18(19)21-16-7-3-2-4-8-16/h2-14,21H,1H3,(H,22,23). The van der Waals surface area contributed by atoms with Crippen molar-refractivity contribution in [2.75, 3.05) is 17.7 Å². The molecule has 0 radical (unpaired) electrons. The lowest BCUT2D eigenvalue weighted by molar-refractivity contribution is 0.102. The van der Waals surface area contributed by atoms with Gasteiger partial charge in [-0.2, -0.15) is 0 Å². The Morgan fingerprint density at radius 3 is 2.08 bits per heavy atom. The minimum Gasteiger partial charge on any atom is -0.497 e. The number of nitrogens with one attached hydrogen (secondary N) is 2. The molecule has 0 spiro atoms. The molecule has 120 valence electrons. The van der Waals surface area contributed by atoms with Crippen molar-refractivity contribution in [1.29, 1.82) is 0 Å². The molecule has 4 heteroatoms. The zero-order chi connectivity index (χ0) is 16.8. The SMILES string of the molecule is COc1ccc(C(=O)Nc2ccccc2Nc2ccccc2)cc1. The number of ether oxygens (including phenoxy) is 1. The lowest BCUT2D eigenvalue weighted by Gasteiger charge is -2.13. The summed E-state index contributed by atoms with van der Waals surface area (Å²) in [6.07, 6.45) is 0. The predicted molar refractivity (Wildman–Crippen MR) is 97.1 cm³/mol. The van der Waals surface area contributed by atoms with Gasteiger partial charge in [0.1, 0.15) is 5.75 Å². The molecule has 1 amide bonds. The Bertz CT molecular complexity index is 815. The van der Waals surface area contributed by atoms with Crippen LogP contribution in [0.5, 0.6) is 5.75 Å². The van der Waals surface area contributed by atoms with Crippen LogP contribution in [-0.2, 0) is 0 Å². The van der Waals surface area contributed by atoms with Crippen LogP contribution < -0.4 is 15.4 Å². The van der Waals surface area contributed by atoms with E-state index in [0.29, 0.717) is 5.56 Å². The molecule has 0 fully saturated rings. The van der Waals surface area contributed by atoms with Crippen LogP contribution in [0.2, 0.25) is 0 Å². The first-order valence-electron chi connectivity index (χ1n) is 7.63. The third-order valence-electron chi connectivity index (χ3n) is 3.58. The van der Waals surface area contributed by atoms with Crippen molar-refractivity contribution in [2.45, 2.75) is 0 Å². The number of hydrogen-bond donors (Lipinski definition) is 2. The molecule has 0 aliphatic carbocycles. The van der Waals surface area contributed by atoms with Gasteiger partial charge in [-0.15, -0.1) is 0 Å². The number of hydrogen-bond acceptors (Lipinski definition) is 3. The summed E-state index contributed by atoms with van der Waals surface area (Å²) in [5.41, 5.74) is 3.10. The quantitative estimate of drug-likeness (QED) is 0.717. The van der Waals surface area contributed by atoms with E-state index < -0.39 is 0 Å². The molecule has 0 bridgehead atoms. The first-order valence-corrected chi connectivity index (χ1v) is 7.63. The summed E-state index contributed by atoms with van der Waals surface area (Å²) in [5.74, 6) is 0.553. The average molecular weight is 318 g/mol. The molecule has 24 heavy (non-hydrogen) atoms. The number of carbonyl (C=O) groups excluding carboxylic acids is 1. The second-order valence-electron chi connectivity index (χ2n) is 5.22. The average Bonchev–Trinajstić information content (AvgIpc) is 2.64. The number of para-hydroxylation sites is 3. The Labute approximate surface area is 141 Å². The van der Waals surface area contributed by atoms with Gasteiger partial charge >= 0.3 is 0 Å². The van der Waals surface area contributed by atoms with E-state index in [0.717, 1.165) is 22.8 Å². The third-order valence-corrected chi connectivity index (χ3v) is 3.58. The van der Waals surface area contributed by atoms with Gasteiger partial charge in [0.25, 0.3) is 5.91 Å². The molecule has 2 N–H and O–H groups in total. The summed E-state index contributed by atoms with van der Waals surface area (Å²) in [4.78, 5) is 12.4. The highest BCUT2D eigenvalue weighted by molar-refractivity contribution is 6.06. The van der Waals surface area contributed by atoms with E-state index in [1.54, 1.807) is 31.4 Å². The number of anilines is 3. The number of benzene rings is 3. The molecule has 0 aliphatic rings. The van der Waals surface area contributed by atoms with Crippen molar-refractivity contribution in [3.05, 3.63) is 84.4 Å². The van der Waals surface area contributed by atoms with E-state index >= 15 is 0 Å². The molecule has 4 nitrogen and oxygen atoms in total. The predicted octanol–water partition coefficient (Wildman–Crippen LogP) is 4.69. The molecular weight excluding hydrogens is 300 g/mol. The second kappa shape index (κ2) is 7.33. The van der Waals surface area contributed by atoms with Crippen LogP contribution in [0.25, 0.3) is 0 Å². The van der Waals surface area contributed by atoms with Gasteiger partial charge in [0.15, 0.2) is 0 Å². The summed E-state index contributed by atoms with van der Waals surface area (Å²) in [5, 5.41) is 6.26. The van der Waals surface area contributed by atoms with Crippen LogP contribution in [0.15, 0.2) is 78.9 Å². The van der Waals surface area contributed by atoms with Crippen molar-refractivity contribution < 1.29 is 9.53 Å². The monoisotopic (exact) mass is 318 g/mol. The first-order chi connectivity index (χ1) is 11.8. The van der Waals surface area contributed by atoms with E-state index in [9.17, 15) is 4.79 Å². The van der Waals surface area contributed by atoms with E-state index in [1.807, 2.05) is 54.6 Å². The second-order valence-corrected chi connectivity index (χ2v) is 5.22. The minimum atomic E-state index is -0.167. The van der Waals surface area contributed by atoms with Crippen molar-refractivity contribution in [3.63, 3.8) is 0 Å². The van der Waals surface area contributed by atoms with Gasteiger partial charge in [-0.3, -0.25) is 4.79 Å². The fourth-order valence-electron chi connectivity index (χ4n) is 2.31.